The van der Waals surface area contributed by atoms with Crippen molar-refractivity contribution in [3.8, 4) is 0 Å². The molecule has 1 N–H and O–H groups in total. The Bertz CT molecular complexity index is 1060. The number of ether oxygens (including phenoxy) is 2. The molecule has 1 aliphatic heterocycles. The van der Waals surface area contributed by atoms with Crippen LogP contribution >= 0.6 is 22.9 Å². The Kier molecular flexibility index (Phi) is 7.09. The van der Waals surface area contributed by atoms with Gasteiger partial charge in [0.25, 0.3) is 5.91 Å². The molecule has 12 heteroatoms. The number of aryl methyl sites for hydroxylation is 2. The first-order valence-corrected chi connectivity index (χ1v) is 11.6. The first-order chi connectivity index (χ1) is 14.2. The van der Waals surface area contributed by atoms with Crippen LogP contribution in [0.1, 0.15) is 20.4 Å². The molecule has 0 spiro atoms. The molecule has 1 amide bonds. The number of benzene rings is 1. The number of nitrogens with zero attached hydrogens (tertiary/aromatic N) is 2. The third-order valence-corrected chi connectivity index (χ3v) is 7.66. The van der Waals surface area contributed by atoms with Crippen molar-refractivity contribution >= 4 is 50.5 Å². The molecule has 0 radical (unpaired) electrons. The minimum Gasteiger partial charge on any atom is -0.451 e. The van der Waals surface area contributed by atoms with Crippen molar-refractivity contribution in [3.63, 3.8) is 0 Å². The summed E-state index contributed by atoms with van der Waals surface area (Å²) in [7, 11) is -3.84. The summed E-state index contributed by atoms with van der Waals surface area (Å²) in [5.74, 6) is -1.25. The van der Waals surface area contributed by atoms with E-state index in [2.05, 4.69) is 10.3 Å². The fraction of sp³-hybridized carbons (Fsp3) is 0.389. The highest BCUT2D eigenvalue weighted by atomic mass is 35.5. The number of hydrogen-bond donors (Lipinski definition) is 1. The molecule has 1 fully saturated rings. The zero-order chi connectivity index (χ0) is 21.9. The Morgan fingerprint density at radius 1 is 1.30 bits per heavy atom. The maximum Gasteiger partial charge on any atom is 0.350 e. The number of carbonyl (C=O) groups excluding carboxylic acids is 2. The number of amides is 1. The van der Waals surface area contributed by atoms with Gasteiger partial charge in [0, 0.05) is 18.8 Å². The van der Waals surface area contributed by atoms with Gasteiger partial charge in [-0.05, 0) is 32.0 Å². The van der Waals surface area contributed by atoms with Gasteiger partial charge in [-0.25, -0.2) is 18.2 Å². The van der Waals surface area contributed by atoms with Gasteiger partial charge < -0.3 is 14.8 Å². The van der Waals surface area contributed by atoms with E-state index >= 15 is 0 Å². The van der Waals surface area contributed by atoms with Gasteiger partial charge in [0.05, 0.1) is 28.9 Å². The van der Waals surface area contributed by atoms with Crippen LogP contribution in [0, 0.1) is 13.8 Å². The van der Waals surface area contributed by atoms with Gasteiger partial charge >= 0.3 is 5.97 Å². The quantitative estimate of drug-likeness (QED) is 0.639. The van der Waals surface area contributed by atoms with Gasteiger partial charge in [-0.3, -0.25) is 4.79 Å². The first-order valence-electron chi connectivity index (χ1n) is 8.97. The monoisotopic (exact) mass is 473 g/mol. The number of halogens is 1. The molecule has 9 nitrogen and oxygen atoms in total. The molecule has 30 heavy (non-hydrogen) atoms. The SMILES string of the molecule is Cc1nc(C)c(C(=O)OCC(=O)Nc2ccc(Cl)c(S(=O)(=O)N3CCOCC3)c2)s1. The van der Waals surface area contributed by atoms with Gasteiger partial charge in [-0.1, -0.05) is 11.6 Å². The summed E-state index contributed by atoms with van der Waals surface area (Å²) in [6.45, 7) is 3.98. The lowest BCUT2D eigenvalue weighted by atomic mass is 10.3. The van der Waals surface area contributed by atoms with Gasteiger partial charge in [0.15, 0.2) is 6.61 Å². The Hall–Kier alpha value is -2.05. The van der Waals surface area contributed by atoms with Gasteiger partial charge in [0.1, 0.15) is 9.77 Å². The molecule has 0 atom stereocenters. The highest BCUT2D eigenvalue weighted by Gasteiger charge is 2.28. The fourth-order valence-corrected chi connectivity index (χ4v) is 5.54. The van der Waals surface area contributed by atoms with Crippen LogP contribution < -0.4 is 5.32 Å². The van der Waals surface area contributed by atoms with E-state index in [0.29, 0.717) is 23.8 Å². The number of carbonyl (C=O) groups is 2. The second kappa shape index (κ2) is 9.40. The van der Waals surface area contributed by atoms with Crippen LogP contribution in [0.3, 0.4) is 0 Å². The summed E-state index contributed by atoms with van der Waals surface area (Å²) in [4.78, 5) is 28.6. The molecule has 2 heterocycles. The standard InChI is InChI=1S/C18H20ClN3O6S2/c1-11-17(29-12(2)20-11)18(24)28-10-16(23)21-13-3-4-14(19)15(9-13)30(25,26)22-5-7-27-8-6-22/h3-4,9H,5-8,10H2,1-2H3,(H,21,23). The van der Waals surface area contributed by atoms with Crippen molar-refractivity contribution in [2.75, 3.05) is 38.2 Å². The van der Waals surface area contributed by atoms with Crippen molar-refractivity contribution in [2.24, 2.45) is 0 Å². The average molecular weight is 474 g/mol. The van der Waals surface area contributed by atoms with E-state index in [0.717, 1.165) is 5.01 Å². The smallest absolute Gasteiger partial charge is 0.350 e. The van der Waals surface area contributed by atoms with Crippen molar-refractivity contribution in [2.45, 2.75) is 18.7 Å². The lowest BCUT2D eigenvalue weighted by Gasteiger charge is -2.26. The maximum atomic E-state index is 12.9. The number of hydrogen-bond acceptors (Lipinski definition) is 8. The molecule has 1 aromatic carbocycles. The van der Waals surface area contributed by atoms with E-state index in [9.17, 15) is 18.0 Å². The van der Waals surface area contributed by atoms with E-state index < -0.39 is 28.5 Å². The number of rotatable bonds is 6. The molecular formula is C18H20ClN3O6S2. The summed E-state index contributed by atoms with van der Waals surface area (Å²) in [5.41, 5.74) is 0.760. The van der Waals surface area contributed by atoms with E-state index in [-0.39, 0.29) is 28.7 Å². The lowest BCUT2D eigenvalue weighted by molar-refractivity contribution is -0.119. The summed E-state index contributed by atoms with van der Waals surface area (Å²) >= 11 is 7.29. The minimum absolute atomic E-state index is 0.0435. The summed E-state index contributed by atoms with van der Waals surface area (Å²) in [6, 6.07) is 4.14. The van der Waals surface area contributed by atoms with Gasteiger partial charge in [-0.15, -0.1) is 11.3 Å². The van der Waals surface area contributed by atoms with Crippen molar-refractivity contribution in [1.29, 1.82) is 0 Å². The Balaban J connectivity index is 1.66. The predicted octanol–water partition coefficient (Wildman–Crippen LogP) is 2.23. The maximum absolute atomic E-state index is 12.9. The minimum atomic E-state index is -3.84. The molecular weight excluding hydrogens is 454 g/mol. The summed E-state index contributed by atoms with van der Waals surface area (Å²) < 4.78 is 37.2. The molecule has 0 aliphatic carbocycles. The number of sulfonamides is 1. The van der Waals surface area contributed by atoms with Gasteiger partial charge in [-0.2, -0.15) is 4.31 Å². The third-order valence-electron chi connectivity index (χ3n) is 4.23. The van der Waals surface area contributed by atoms with E-state index in [4.69, 9.17) is 21.1 Å². The van der Waals surface area contributed by atoms with Crippen LogP contribution in [0.4, 0.5) is 5.69 Å². The lowest BCUT2D eigenvalue weighted by Crippen LogP contribution is -2.40. The molecule has 162 valence electrons. The van der Waals surface area contributed by atoms with Crippen molar-refractivity contribution in [3.05, 3.63) is 38.8 Å². The zero-order valence-electron chi connectivity index (χ0n) is 16.3. The van der Waals surface area contributed by atoms with Crippen LogP contribution in [0.25, 0.3) is 0 Å². The Morgan fingerprint density at radius 3 is 2.63 bits per heavy atom. The first kappa shape index (κ1) is 22.6. The van der Waals surface area contributed by atoms with E-state index in [1.165, 1.54) is 33.8 Å². The van der Waals surface area contributed by atoms with Crippen LogP contribution in [0.5, 0.6) is 0 Å². The van der Waals surface area contributed by atoms with Crippen molar-refractivity contribution < 1.29 is 27.5 Å². The third kappa shape index (κ3) is 5.16. The molecule has 2 aromatic rings. The molecule has 1 aromatic heterocycles. The number of aromatic nitrogens is 1. The number of anilines is 1. The number of nitrogens with one attached hydrogen (secondary N) is 1. The van der Waals surface area contributed by atoms with Crippen LogP contribution in [0.2, 0.25) is 5.02 Å². The Morgan fingerprint density at radius 2 is 2.00 bits per heavy atom. The predicted molar refractivity (Wildman–Crippen MR) is 112 cm³/mol. The number of morpholine rings is 1. The fourth-order valence-electron chi connectivity index (χ4n) is 2.82. The molecule has 0 saturated carbocycles. The average Bonchev–Trinajstić information content (AvgIpc) is 3.06. The normalized spacial score (nSPS) is 15.0. The van der Waals surface area contributed by atoms with Crippen LogP contribution in [-0.4, -0.2) is 62.5 Å². The topological polar surface area (TPSA) is 115 Å². The molecule has 0 bridgehead atoms. The van der Waals surface area contributed by atoms with E-state index in [1.807, 2.05) is 0 Å². The van der Waals surface area contributed by atoms with Crippen LogP contribution in [-0.2, 0) is 24.3 Å². The highest BCUT2D eigenvalue weighted by molar-refractivity contribution is 7.89. The number of thiazole rings is 1. The Labute approximate surface area is 183 Å². The largest absolute Gasteiger partial charge is 0.451 e. The molecule has 1 saturated heterocycles. The molecule has 1 aliphatic rings. The highest BCUT2D eigenvalue weighted by Crippen LogP contribution is 2.28. The van der Waals surface area contributed by atoms with Crippen molar-refractivity contribution in [1.82, 2.24) is 9.29 Å². The second-order valence-electron chi connectivity index (χ2n) is 6.43. The van der Waals surface area contributed by atoms with Crippen LogP contribution in [0.15, 0.2) is 23.1 Å². The molecule has 3 rings (SSSR count). The molecule has 0 unspecified atom stereocenters. The zero-order valence-corrected chi connectivity index (χ0v) is 18.7. The number of esters is 1. The second-order valence-corrected chi connectivity index (χ2v) is 9.95. The van der Waals surface area contributed by atoms with Gasteiger partial charge in [0.2, 0.25) is 10.0 Å². The summed E-state index contributed by atoms with van der Waals surface area (Å²) in [6.07, 6.45) is 0. The summed E-state index contributed by atoms with van der Waals surface area (Å²) in [5, 5.41) is 3.28. The van der Waals surface area contributed by atoms with E-state index in [1.54, 1.807) is 13.8 Å².